The lowest BCUT2D eigenvalue weighted by Crippen LogP contribution is -2.03. The lowest BCUT2D eigenvalue weighted by Gasteiger charge is -2.14. The Morgan fingerprint density at radius 1 is 1.13 bits per heavy atom. The summed E-state index contributed by atoms with van der Waals surface area (Å²) in [6.45, 7) is 4.55. The van der Waals surface area contributed by atoms with Gasteiger partial charge in [-0.05, 0) is 30.0 Å². The molecule has 15 heavy (non-hydrogen) atoms. The van der Waals surface area contributed by atoms with E-state index in [1.54, 1.807) is 0 Å². The molecule has 0 nitrogen and oxygen atoms in total. The van der Waals surface area contributed by atoms with Gasteiger partial charge in [0.1, 0.15) is 0 Å². The molecule has 0 fully saturated rings. The average molecular weight is 225 g/mol. The van der Waals surface area contributed by atoms with Crippen LogP contribution in [0.1, 0.15) is 45.1 Å². The summed E-state index contributed by atoms with van der Waals surface area (Å²) in [6, 6.07) is 8.28. The molecule has 1 heteroatoms. The predicted molar refractivity (Wildman–Crippen MR) is 68.5 cm³/mol. The molecule has 0 aliphatic carbocycles. The standard InChI is InChI=1S/C14H21Cl/c1-3-5-6-12(4-2)11-13-7-9-14(15)10-8-13/h7-10,12H,3-6,11H2,1-2H3. The van der Waals surface area contributed by atoms with Crippen LogP contribution in [-0.2, 0) is 6.42 Å². The molecule has 0 aromatic heterocycles. The van der Waals surface area contributed by atoms with Crippen molar-refractivity contribution in [3.8, 4) is 0 Å². The SMILES string of the molecule is CCCCC(CC)Cc1ccc(Cl)cc1. The summed E-state index contributed by atoms with van der Waals surface area (Å²) in [7, 11) is 0. The molecule has 84 valence electrons. The van der Waals surface area contributed by atoms with Gasteiger partial charge in [0.2, 0.25) is 0 Å². The number of unbranched alkanes of at least 4 members (excludes halogenated alkanes) is 1. The van der Waals surface area contributed by atoms with Gasteiger partial charge in [-0.25, -0.2) is 0 Å². The van der Waals surface area contributed by atoms with Crippen molar-refractivity contribution in [2.75, 3.05) is 0 Å². The molecule has 1 aromatic carbocycles. The lowest BCUT2D eigenvalue weighted by molar-refractivity contribution is 0.449. The zero-order chi connectivity index (χ0) is 11.1. The second kappa shape index (κ2) is 6.90. The van der Waals surface area contributed by atoms with Crippen molar-refractivity contribution >= 4 is 11.6 Å². The fraction of sp³-hybridized carbons (Fsp3) is 0.571. The van der Waals surface area contributed by atoms with Crippen LogP contribution in [0.15, 0.2) is 24.3 Å². The van der Waals surface area contributed by atoms with Crippen LogP contribution in [0.4, 0.5) is 0 Å². The number of halogens is 1. The first-order valence-corrected chi connectivity index (χ1v) is 6.38. The number of benzene rings is 1. The minimum atomic E-state index is 0.834. The zero-order valence-electron chi connectivity index (χ0n) is 9.80. The molecule has 0 saturated carbocycles. The van der Waals surface area contributed by atoms with E-state index in [0.717, 1.165) is 10.9 Å². The van der Waals surface area contributed by atoms with E-state index < -0.39 is 0 Å². The van der Waals surface area contributed by atoms with Gasteiger partial charge in [0, 0.05) is 5.02 Å². The normalized spacial score (nSPS) is 12.7. The van der Waals surface area contributed by atoms with Crippen LogP contribution in [0.2, 0.25) is 5.02 Å². The Morgan fingerprint density at radius 3 is 2.33 bits per heavy atom. The van der Waals surface area contributed by atoms with Crippen molar-refractivity contribution in [1.29, 1.82) is 0 Å². The number of hydrogen-bond donors (Lipinski definition) is 0. The summed E-state index contributed by atoms with van der Waals surface area (Å²) >= 11 is 5.87. The van der Waals surface area contributed by atoms with Gasteiger partial charge in [-0.15, -0.1) is 0 Å². The van der Waals surface area contributed by atoms with Crippen molar-refractivity contribution in [3.05, 3.63) is 34.9 Å². The second-order valence-electron chi connectivity index (χ2n) is 4.25. The summed E-state index contributed by atoms with van der Waals surface area (Å²) in [5.41, 5.74) is 1.42. The Hall–Kier alpha value is -0.490. The van der Waals surface area contributed by atoms with Crippen LogP contribution in [0.5, 0.6) is 0 Å². The molecule has 0 bridgehead atoms. The molecule has 0 radical (unpaired) electrons. The smallest absolute Gasteiger partial charge is 0.0406 e. The maximum atomic E-state index is 5.87. The molecule has 0 aliphatic heterocycles. The van der Waals surface area contributed by atoms with E-state index in [4.69, 9.17) is 11.6 Å². The number of rotatable bonds is 6. The van der Waals surface area contributed by atoms with Gasteiger partial charge in [-0.2, -0.15) is 0 Å². The van der Waals surface area contributed by atoms with Gasteiger partial charge < -0.3 is 0 Å². The van der Waals surface area contributed by atoms with E-state index in [1.807, 2.05) is 12.1 Å². The van der Waals surface area contributed by atoms with Gasteiger partial charge in [0.15, 0.2) is 0 Å². The van der Waals surface area contributed by atoms with Crippen molar-refractivity contribution in [2.45, 2.75) is 46.0 Å². The zero-order valence-corrected chi connectivity index (χ0v) is 10.6. The highest BCUT2D eigenvalue weighted by atomic mass is 35.5. The van der Waals surface area contributed by atoms with E-state index in [-0.39, 0.29) is 0 Å². The predicted octanol–water partition coefficient (Wildman–Crippen LogP) is 5.10. The fourth-order valence-corrected chi connectivity index (χ4v) is 2.02. The highest BCUT2D eigenvalue weighted by Crippen LogP contribution is 2.19. The van der Waals surface area contributed by atoms with E-state index in [9.17, 15) is 0 Å². The van der Waals surface area contributed by atoms with Crippen LogP contribution in [0.3, 0.4) is 0 Å². The van der Waals surface area contributed by atoms with Crippen LogP contribution in [-0.4, -0.2) is 0 Å². The molecule has 0 saturated heterocycles. The van der Waals surface area contributed by atoms with Crippen LogP contribution >= 0.6 is 11.6 Å². The topological polar surface area (TPSA) is 0 Å². The molecular formula is C14H21Cl. The minimum absolute atomic E-state index is 0.834. The summed E-state index contributed by atoms with van der Waals surface area (Å²) in [5.74, 6) is 0.839. The van der Waals surface area contributed by atoms with E-state index >= 15 is 0 Å². The maximum absolute atomic E-state index is 5.87. The molecule has 1 rings (SSSR count). The Balaban J connectivity index is 2.47. The van der Waals surface area contributed by atoms with Gasteiger partial charge in [-0.3, -0.25) is 0 Å². The second-order valence-corrected chi connectivity index (χ2v) is 4.68. The Bertz CT molecular complexity index is 263. The Labute approximate surface area is 98.7 Å². The highest BCUT2D eigenvalue weighted by molar-refractivity contribution is 6.30. The molecule has 0 amide bonds. The number of hydrogen-bond acceptors (Lipinski definition) is 0. The van der Waals surface area contributed by atoms with Crippen molar-refractivity contribution in [3.63, 3.8) is 0 Å². The Morgan fingerprint density at radius 2 is 1.80 bits per heavy atom. The fourth-order valence-electron chi connectivity index (χ4n) is 1.90. The third-order valence-electron chi connectivity index (χ3n) is 2.98. The first-order chi connectivity index (χ1) is 7.26. The van der Waals surface area contributed by atoms with E-state index in [0.29, 0.717) is 0 Å². The highest BCUT2D eigenvalue weighted by Gasteiger charge is 2.06. The monoisotopic (exact) mass is 224 g/mol. The lowest BCUT2D eigenvalue weighted by atomic mass is 9.92. The molecule has 1 aromatic rings. The van der Waals surface area contributed by atoms with E-state index in [2.05, 4.69) is 26.0 Å². The average Bonchev–Trinajstić information content (AvgIpc) is 2.27. The summed E-state index contributed by atoms with van der Waals surface area (Å²) in [6.07, 6.45) is 6.50. The molecule has 1 unspecified atom stereocenters. The molecule has 0 aliphatic rings. The van der Waals surface area contributed by atoms with Crippen LogP contribution in [0.25, 0.3) is 0 Å². The molecule has 0 heterocycles. The molecule has 0 N–H and O–H groups in total. The van der Waals surface area contributed by atoms with Crippen LogP contribution in [0, 0.1) is 5.92 Å². The largest absolute Gasteiger partial charge is 0.0843 e. The minimum Gasteiger partial charge on any atom is -0.0843 e. The third-order valence-corrected chi connectivity index (χ3v) is 3.23. The maximum Gasteiger partial charge on any atom is 0.0406 e. The van der Waals surface area contributed by atoms with Gasteiger partial charge in [-0.1, -0.05) is 63.3 Å². The van der Waals surface area contributed by atoms with Gasteiger partial charge in [0.05, 0.1) is 0 Å². The molecular weight excluding hydrogens is 204 g/mol. The van der Waals surface area contributed by atoms with Crippen molar-refractivity contribution in [2.24, 2.45) is 5.92 Å². The Kier molecular flexibility index (Phi) is 5.78. The summed E-state index contributed by atoms with van der Waals surface area (Å²) in [5, 5.41) is 0.834. The van der Waals surface area contributed by atoms with Crippen molar-refractivity contribution < 1.29 is 0 Å². The summed E-state index contributed by atoms with van der Waals surface area (Å²) in [4.78, 5) is 0. The first-order valence-electron chi connectivity index (χ1n) is 6.00. The van der Waals surface area contributed by atoms with E-state index in [1.165, 1.54) is 37.7 Å². The first kappa shape index (κ1) is 12.6. The molecule has 1 atom stereocenters. The summed E-state index contributed by atoms with van der Waals surface area (Å²) < 4.78 is 0. The quantitative estimate of drug-likeness (QED) is 0.631. The third kappa shape index (κ3) is 4.70. The van der Waals surface area contributed by atoms with Gasteiger partial charge >= 0.3 is 0 Å². The van der Waals surface area contributed by atoms with Crippen LogP contribution < -0.4 is 0 Å². The molecule has 0 spiro atoms. The van der Waals surface area contributed by atoms with Crippen molar-refractivity contribution in [1.82, 2.24) is 0 Å². The van der Waals surface area contributed by atoms with Gasteiger partial charge in [0.25, 0.3) is 0 Å².